The summed E-state index contributed by atoms with van der Waals surface area (Å²) in [4.78, 5) is 14.7. The summed E-state index contributed by atoms with van der Waals surface area (Å²) in [6, 6.07) is 3.26. The van der Waals surface area contributed by atoms with Crippen molar-refractivity contribution in [3.8, 4) is 0 Å². The maximum atomic E-state index is 11.0. The maximum absolute atomic E-state index is 11.0. The quantitative estimate of drug-likeness (QED) is 0.574. The number of Topliss-reactive ketones (excluding diaryl/α,β-unsaturated/α-hetero) is 1. The Morgan fingerprint density at radius 1 is 1.64 bits per heavy atom. The first-order valence-electron chi connectivity index (χ1n) is 3.19. The molecule has 0 saturated carbocycles. The molecule has 0 atom stereocenters. The Bertz CT molecular complexity index is 272. The zero-order valence-electron chi connectivity index (χ0n) is 5.95. The van der Waals surface area contributed by atoms with Gasteiger partial charge in [-0.3, -0.25) is 4.79 Å². The Kier molecular flexibility index (Phi) is 2.18. The molecule has 4 heteroatoms. The second kappa shape index (κ2) is 3.12. The van der Waals surface area contributed by atoms with Gasteiger partial charge in [0.15, 0.2) is 5.78 Å². The van der Waals surface area contributed by atoms with Crippen molar-refractivity contribution < 1.29 is 4.79 Å². The number of pyridine rings is 1. The van der Waals surface area contributed by atoms with Crippen LogP contribution in [0.3, 0.4) is 0 Å². The van der Waals surface area contributed by atoms with E-state index < -0.39 is 0 Å². The summed E-state index contributed by atoms with van der Waals surface area (Å²) in [6.45, 7) is -0.0319. The molecule has 0 aliphatic heterocycles. The second-order valence-electron chi connectivity index (χ2n) is 2.06. The van der Waals surface area contributed by atoms with E-state index in [1.807, 2.05) is 0 Å². The molecule has 0 amide bonds. The molecule has 0 bridgehead atoms. The van der Waals surface area contributed by atoms with Gasteiger partial charge >= 0.3 is 0 Å². The molecule has 58 valence electrons. The minimum Gasteiger partial charge on any atom is -0.383 e. The van der Waals surface area contributed by atoms with E-state index in [0.717, 1.165) is 0 Å². The molecule has 1 rings (SSSR count). The number of carbonyl (C=O) groups excluding carboxylic acids is 1. The molecular weight excluding hydrogens is 142 g/mol. The van der Waals surface area contributed by atoms with Gasteiger partial charge in [0.05, 0.1) is 12.1 Å². The van der Waals surface area contributed by atoms with Crippen molar-refractivity contribution in [1.29, 1.82) is 0 Å². The lowest BCUT2D eigenvalue weighted by Gasteiger charge is -1.99. The summed E-state index contributed by atoms with van der Waals surface area (Å²) in [6.07, 6.45) is 1.53. The first kappa shape index (κ1) is 7.68. The maximum Gasteiger partial charge on any atom is 0.180 e. The molecule has 0 aliphatic rings. The Morgan fingerprint density at radius 3 is 2.91 bits per heavy atom. The van der Waals surface area contributed by atoms with Crippen molar-refractivity contribution in [1.82, 2.24) is 4.98 Å². The number of carbonyl (C=O) groups is 1. The van der Waals surface area contributed by atoms with Crippen LogP contribution in [-0.2, 0) is 0 Å². The number of nitrogens with two attached hydrogens (primary N) is 2. The van der Waals surface area contributed by atoms with Crippen LogP contribution in [0.4, 0.5) is 5.82 Å². The lowest BCUT2D eigenvalue weighted by atomic mass is 10.2. The number of nitrogens with zero attached hydrogens (tertiary/aromatic N) is 1. The number of ketones is 1. The fourth-order valence-corrected chi connectivity index (χ4v) is 0.763. The van der Waals surface area contributed by atoms with Crippen LogP contribution in [0, 0.1) is 0 Å². The lowest BCUT2D eigenvalue weighted by molar-refractivity contribution is 0.100. The van der Waals surface area contributed by atoms with E-state index in [1.54, 1.807) is 12.1 Å². The van der Waals surface area contributed by atoms with E-state index in [9.17, 15) is 4.79 Å². The monoisotopic (exact) mass is 151 g/mol. The van der Waals surface area contributed by atoms with Crippen molar-refractivity contribution in [3.05, 3.63) is 23.9 Å². The number of hydrogen-bond acceptors (Lipinski definition) is 4. The Morgan fingerprint density at radius 2 is 2.36 bits per heavy atom. The highest BCUT2D eigenvalue weighted by molar-refractivity contribution is 6.01. The van der Waals surface area contributed by atoms with Gasteiger partial charge in [-0.1, -0.05) is 0 Å². The zero-order valence-corrected chi connectivity index (χ0v) is 5.95. The number of anilines is 1. The van der Waals surface area contributed by atoms with E-state index in [1.165, 1.54) is 6.20 Å². The standard InChI is InChI=1S/C7H9N3O/c8-4-6(11)5-2-1-3-10-7(5)9/h1-3H,4,8H2,(H2,9,10). The molecule has 1 aromatic rings. The van der Waals surface area contributed by atoms with Crippen LogP contribution in [-0.4, -0.2) is 17.3 Å². The van der Waals surface area contributed by atoms with Crippen molar-refractivity contribution in [3.63, 3.8) is 0 Å². The van der Waals surface area contributed by atoms with Gasteiger partial charge in [-0.05, 0) is 12.1 Å². The topological polar surface area (TPSA) is 82.0 Å². The third-order valence-electron chi connectivity index (χ3n) is 1.32. The summed E-state index contributed by atoms with van der Waals surface area (Å²) in [5, 5.41) is 0. The van der Waals surface area contributed by atoms with Crippen LogP contribution >= 0.6 is 0 Å². The lowest BCUT2D eigenvalue weighted by Crippen LogP contribution is -2.15. The van der Waals surface area contributed by atoms with E-state index in [4.69, 9.17) is 11.5 Å². The summed E-state index contributed by atoms with van der Waals surface area (Å²) < 4.78 is 0. The molecule has 0 aromatic carbocycles. The second-order valence-corrected chi connectivity index (χ2v) is 2.06. The molecule has 0 radical (unpaired) electrons. The van der Waals surface area contributed by atoms with Crippen LogP contribution in [0.1, 0.15) is 10.4 Å². The van der Waals surface area contributed by atoms with E-state index in [2.05, 4.69) is 4.98 Å². The van der Waals surface area contributed by atoms with Crippen LogP contribution in [0.5, 0.6) is 0 Å². The van der Waals surface area contributed by atoms with Gasteiger partial charge in [0, 0.05) is 6.20 Å². The van der Waals surface area contributed by atoms with Gasteiger partial charge in [0.25, 0.3) is 0 Å². The van der Waals surface area contributed by atoms with Gasteiger partial charge < -0.3 is 11.5 Å². The van der Waals surface area contributed by atoms with Crippen LogP contribution < -0.4 is 11.5 Å². The highest BCUT2D eigenvalue weighted by atomic mass is 16.1. The van der Waals surface area contributed by atoms with Gasteiger partial charge in [-0.2, -0.15) is 0 Å². The van der Waals surface area contributed by atoms with E-state index in [0.29, 0.717) is 5.56 Å². The van der Waals surface area contributed by atoms with Crippen molar-refractivity contribution >= 4 is 11.6 Å². The largest absolute Gasteiger partial charge is 0.383 e. The third kappa shape index (κ3) is 1.53. The molecule has 1 aromatic heterocycles. The normalized spacial score (nSPS) is 9.55. The summed E-state index contributed by atoms with van der Waals surface area (Å²) in [7, 11) is 0. The van der Waals surface area contributed by atoms with Gasteiger partial charge in [-0.25, -0.2) is 4.98 Å². The minimum atomic E-state index is -0.185. The third-order valence-corrected chi connectivity index (χ3v) is 1.32. The fourth-order valence-electron chi connectivity index (χ4n) is 0.763. The molecule has 1 heterocycles. The van der Waals surface area contributed by atoms with Crippen LogP contribution in [0.15, 0.2) is 18.3 Å². The average molecular weight is 151 g/mol. The summed E-state index contributed by atoms with van der Waals surface area (Å²) >= 11 is 0. The predicted octanol–water partition coefficient (Wildman–Crippen LogP) is -0.195. The molecule has 0 spiro atoms. The number of aromatic nitrogens is 1. The molecule has 4 nitrogen and oxygen atoms in total. The van der Waals surface area contributed by atoms with E-state index >= 15 is 0 Å². The minimum absolute atomic E-state index is 0.0319. The molecular formula is C7H9N3O. The molecule has 0 fully saturated rings. The first-order valence-corrected chi connectivity index (χ1v) is 3.19. The fraction of sp³-hybridized carbons (Fsp3) is 0.143. The highest BCUT2D eigenvalue weighted by Crippen LogP contribution is 2.06. The number of rotatable bonds is 2. The summed E-state index contributed by atoms with van der Waals surface area (Å²) in [5.74, 6) is 0.0542. The molecule has 0 unspecified atom stereocenters. The first-order chi connectivity index (χ1) is 5.25. The Labute approximate surface area is 64.2 Å². The number of hydrogen-bond donors (Lipinski definition) is 2. The van der Waals surface area contributed by atoms with Crippen molar-refractivity contribution in [2.45, 2.75) is 0 Å². The predicted molar refractivity (Wildman–Crippen MR) is 42.0 cm³/mol. The van der Waals surface area contributed by atoms with Crippen molar-refractivity contribution in [2.75, 3.05) is 12.3 Å². The molecule has 0 saturated heterocycles. The number of nitrogen functional groups attached to an aromatic ring is 1. The van der Waals surface area contributed by atoms with Gasteiger partial charge in [-0.15, -0.1) is 0 Å². The smallest absolute Gasteiger partial charge is 0.180 e. The van der Waals surface area contributed by atoms with Gasteiger partial charge in [0.1, 0.15) is 5.82 Å². The zero-order chi connectivity index (χ0) is 8.27. The molecule has 0 aliphatic carbocycles. The SMILES string of the molecule is NCC(=O)c1cccnc1N. The van der Waals surface area contributed by atoms with Gasteiger partial charge in [0.2, 0.25) is 0 Å². The molecule has 4 N–H and O–H groups in total. The Balaban J connectivity index is 3.03. The summed E-state index contributed by atoms with van der Waals surface area (Å²) in [5.41, 5.74) is 10.9. The average Bonchev–Trinajstić information content (AvgIpc) is 2.04. The Hall–Kier alpha value is -1.42. The molecule has 11 heavy (non-hydrogen) atoms. The van der Waals surface area contributed by atoms with Crippen LogP contribution in [0.2, 0.25) is 0 Å². The highest BCUT2D eigenvalue weighted by Gasteiger charge is 2.06. The van der Waals surface area contributed by atoms with E-state index in [-0.39, 0.29) is 18.1 Å². The van der Waals surface area contributed by atoms with Crippen LogP contribution in [0.25, 0.3) is 0 Å². The van der Waals surface area contributed by atoms with Crippen molar-refractivity contribution in [2.24, 2.45) is 5.73 Å².